The van der Waals surface area contributed by atoms with Gasteiger partial charge in [0.2, 0.25) is 11.8 Å². The highest BCUT2D eigenvalue weighted by Gasteiger charge is 2.43. The van der Waals surface area contributed by atoms with Crippen LogP contribution in [0.1, 0.15) is 25.7 Å². The molecule has 2 saturated heterocycles. The van der Waals surface area contributed by atoms with E-state index < -0.39 is 0 Å². The third-order valence-electron chi connectivity index (χ3n) is 4.06. The number of amides is 2. The molecule has 1 aliphatic carbocycles. The molecule has 0 radical (unpaired) electrons. The van der Waals surface area contributed by atoms with Crippen LogP contribution in [0.2, 0.25) is 0 Å². The first-order valence-electron chi connectivity index (χ1n) is 6.70. The Morgan fingerprint density at radius 1 is 1.33 bits per heavy atom. The number of nitrogens with zero attached hydrogens (tertiary/aromatic N) is 1. The lowest BCUT2D eigenvalue weighted by atomic mass is 9.91. The van der Waals surface area contributed by atoms with Crippen LogP contribution in [0.3, 0.4) is 0 Å². The van der Waals surface area contributed by atoms with Crippen molar-refractivity contribution in [3.63, 3.8) is 0 Å². The third-order valence-corrected chi connectivity index (χ3v) is 4.06. The van der Waals surface area contributed by atoms with Gasteiger partial charge >= 0.3 is 0 Å². The standard InChI is InChI=1S/C14H18N2O2/c17-13-12-7-4-8-16(12)14(18)11(15-13)9-10-5-2-1-3-6-10/h1-3,5,10-12H,4,6-9H2,(H,15,17). The number of carbonyl (C=O) groups is 2. The molecule has 3 aliphatic rings. The molecule has 2 aliphatic heterocycles. The highest BCUT2D eigenvalue weighted by atomic mass is 16.2. The fourth-order valence-electron chi connectivity index (χ4n) is 3.10. The van der Waals surface area contributed by atoms with Crippen LogP contribution in [-0.2, 0) is 9.59 Å². The van der Waals surface area contributed by atoms with Gasteiger partial charge in [0.05, 0.1) is 0 Å². The molecule has 0 aromatic carbocycles. The van der Waals surface area contributed by atoms with Crippen LogP contribution in [0.5, 0.6) is 0 Å². The number of nitrogens with one attached hydrogen (secondary N) is 1. The molecule has 18 heavy (non-hydrogen) atoms. The van der Waals surface area contributed by atoms with E-state index in [1.807, 2.05) is 12.2 Å². The van der Waals surface area contributed by atoms with Crippen molar-refractivity contribution in [3.8, 4) is 0 Å². The van der Waals surface area contributed by atoms with Gasteiger partial charge in [-0.25, -0.2) is 0 Å². The first-order chi connectivity index (χ1) is 8.75. The second kappa shape index (κ2) is 4.59. The van der Waals surface area contributed by atoms with Crippen molar-refractivity contribution in [3.05, 3.63) is 24.3 Å². The van der Waals surface area contributed by atoms with E-state index in [2.05, 4.69) is 17.5 Å². The molecule has 0 aromatic heterocycles. The predicted octanol–water partition coefficient (Wildman–Crippen LogP) is 0.998. The van der Waals surface area contributed by atoms with E-state index in [-0.39, 0.29) is 23.9 Å². The van der Waals surface area contributed by atoms with Gasteiger partial charge in [0.25, 0.3) is 0 Å². The summed E-state index contributed by atoms with van der Waals surface area (Å²) in [6, 6.07) is -0.524. The van der Waals surface area contributed by atoms with Crippen molar-refractivity contribution in [2.45, 2.75) is 37.8 Å². The largest absolute Gasteiger partial charge is 0.342 e. The molecule has 4 nitrogen and oxygen atoms in total. The van der Waals surface area contributed by atoms with Crippen molar-refractivity contribution in [1.82, 2.24) is 10.2 Å². The van der Waals surface area contributed by atoms with Gasteiger partial charge in [-0.3, -0.25) is 9.59 Å². The summed E-state index contributed by atoms with van der Waals surface area (Å²) in [5, 5.41) is 2.90. The Hall–Kier alpha value is -1.58. The number of rotatable bonds is 2. The van der Waals surface area contributed by atoms with Gasteiger partial charge in [-0.05, 0) is 31.6 Å². The van der Waals surface area contributed by atoms with E-state index in [4.69, 9.17) is 0 Å². The predicted molar refractivity (Wildman–Crippen MR) is 67.7 cm³/mol. The molecule has 1 N–H and O–H groups in total. The minimum absolute atomic E-state index is 0.0347. The molecule has 2 fully saturated rings. The van der Waals surface area contributed by atoms with Gasteiger partial charge in [-0.15, -0.1) is 0 Å². The lowest BCUT2D eigenvalue weighted by Crippen LogP contribution is -2.61. The number of hydrogen-bond donors (Lipinski definition) is 1. The summed E-state index contributed by atoms with van der Waals surface area (Å²) in [4.78, 5) is 26.0. The lowest BCUT2D eigenvalue weighted by molar-refractivity contribution is -0.147. The average Bonchev–Trinajstić information content (AvgIpc) is 2.87. The molecule has 2 amide bonds. The summed E-state index contributed by atoms with van der Waals surface area (Å²) in [5.74, 6) is 0.510. The summed E-state index contributed by atoms with van der Waals surface area (Å²) >= 11 is 0. The van der Waals surface area contributed by atoms with Gasteiger partial charge in [-0.1, -0.05) is 24.3 Å². The summed E-state index contributed by atoms with van der Waals surface area (Å²) in [5.41, 5.74) is 0. The molecule has 3 rings (SSSR count). The quantitative estimate of drug-likeness (QED) is 0.790. The maximum Gasteiger partial charge on any atom is 0.245 e. The topological polar surface area (TPSA) is 49.4 Å². The zero-order valence-electron chi connectivity index (χ0n) is 10.3. The minimum Gasteiger partial charge on any atom is -0.342 e. The van der Waals surface area contributed by atoms with E-state index in [0.717, 1.165) is 25.8 Å². The van der Waals surface area contributed by atoms with Crippen molar-refractivity contribution in [1.29, 1.82) is 0 Å². The molecule has 4 heteroatoms. The molecule has 2 heterocycles. The van der Waals surface area contributed by atoms with E-state index >= 15 is 0 Å². The molecule has 0 aromatic rings. The fraction of sp³-hybridized carbons (Fsp3) is 0.571. The highest BCUT2D eigenvalue weighted by molar-refractivity contribution is 5.97. The maximum absolute atomic E-state index is 12.3. The number of carbonyl (C=O) groups excluding carboxylic acids is 2. The normalized spacial score (nSPS) is 34.7. The molecule has 3 atom stereocenters. The molecule has 0 saturated carbocycles. The average molecular weight is 246 g/mol. The fourth-order valence-corrected chi connectivity index (χ4v) is 3.10. The second-order valence-electron chi connectivity index (χ2n) is 5.30. The third kappa shape index (κ3) is 1.96. The van der Waals surface area contributed by atoms with Gasteiger partial charge in [0.1, 0.15) is 12.1 Å². The van der Waals surface area contributed by atoms with Gasteiger partial charge < -0.3 is 10.2 Å². The molecule has 0 spiro atoms. The molecular weight excluding hydrogens is 228 g/mol. The van der Waals surface area contributed by atoms with Crippen LogP contribution in [0, 0.1) is 5.92 Å². The zero-order chi connectivity index (χ0) is 12.5. The summed E-state index contributed by atoms with van der Waals surface area (Å²) in [7, 11) is 0. The Kier molecular flexibility index (Phi) is 2.94. The molecule has 96 valence electrons. The van der Waals surface area contributed by atoms with Crippen LogP contribution >= 0.6 is 0 Å². The van der Waals surface area contributed by atoms with Crippen LogP contribution < -0.4 is 5.32 Å². The van der Waals surface area contributed by atoms with Crippen LogP contribution in [0.15, 0.2) is 24.3 Å². The smallest absolute Gasteiger partial charge is 0.245 e. The zero-order valence-corrected chi connectivity index (χ0v) is 10.3. The van der Waals surface area contributed by atoms with E-state index in [1.165, 1.54) is 0 Å². The van der Waals surface area contributed by atoms with Gasteiger partial charge in [0, 0.05) is 6.54 Å². The van der Waals surface area contributed by atoms with Crippen LogP contribution in [-0.4, -0.2) is 35.3 Å². The SMILES string of the molecule is O=C1NC(CC2C=CC=CC2)C(=O)N2CCCC12. The van der Waals surface area contributed by atoms with Crippen molar-refractivity contribution < 1.29 is 9.59 Å². The summed E-state index contributed by atoms with van der Waals surface area (Å²) in [6.45, 7) is 0.744. The lowest BCUT2D eigenvalue weighted by Gasteiger charge is -2.35. The van der Waals surface area contributed by atoms with E-state index in [1.54, 1.807) is 4.90 Å². The molecule has 3 unspecified atom stereocenters. The van der Waals surface area contributed by atoms with Gasteiger partial charge in [-0.2, -0.15) is 0 Å². The number of piperazine rings is 1. The first kappa shape index (κ1) is 11.5. The van der Waals surface area contributed by atoms with Crippen molar-refractivity contribution >= 4 is 11.8 Å². The highest BCUT2D eigenvalue weighted by Crippen LogP contribution is 2.26. The Labute approximate surface area is 107 Å². The summed E-state index contributed by atoms with van der Waals surface area (Å²) in [6.07, 6.45) is 11.7. The maximum atomic E-state index is 12.3. The van der Waals surface area contributed by atoms with Crippen molar-refractivity contribution in [2.24, 2.45) is 5.92 Å². The van der Waals surface area contributed by atoms with E-state index in [9.17, 15) is 9.59 Å². The molecular formula is C14H18N2O2. The summed E-state index contributed by atoms with van der Waals surface area (Å²) < 4.78 is 0. The number of hydrogen-bond acceptors (Lipinski definition) is 2. The first-order valence-corrected chi connectivity index (χ1v) is 6.70. The Bertz CT molecular complexity index is 428. The van der Waals surface area contributed by atoms with Crippen LogP contribution in [0.25, 0.3) is 0 Å². The molecule has 0 bridgehead atoms. The Morgan fingerprint density at radius 2 is 2.22 bits per heavy atom. The van der Waals surface area contributed by atoms with Crippen LogP contribution in [0.4, 0.5) is 0 Å². The monoisotopic (exact) mass is 246 g/mol. The Balaban J connectivity index is 1.69. The number of fused-ring (bicyclic) bond motifs is 1. The minimum atomic E-state index is -0.326. The second-order valence-corrected chi connectivity index (χ2v) is 5.30. The van der Waals surface area contributed by atoms with Crippen molar-refractivity contribution in [2.75, 3.05) is 6.54 Å². The van der Waals surface area contributed by atoms with E-state index in [0.29, 0.717) is 12.3 Å². The van der Waals surface area contributed by atoms with Gasteiger partial charge in [0.15, 0.2) is 0 Å². The Morgan fingerprint density at radius 3 is 3.00 bits per heavy atom. The number of allylic oxidation sites excluding steroid dienone is 4.